The van der Waals surface area contributed by atoms with Gasteiger partial charge in [-0.2, -0.15) is 0 Å². The van der Waals surface area contributed by atoms with Crippen LogP contribution in [0.25, 0.3) is 0 Å². The van der Waals surface area contributed by atoms with Crippen molar-refractivity contribution >= 4 is 34.8 Å². The van der Waals surface area contributed by atoms with Crippen molar-refractivity contribution in [2.45, 2.75) is 38.5 Å². The van der Waals surface area contributed by atoms with Gasteiger partial charge in [-0.1, -0.05) is 53.0 Å². The summed E-state index contributed by atoms with van der Waals surface area (Å²) in [6, 6.07) is 13.4. The van der Waals surface area contributed by atoms with Crippen LogP contribution in [0.4, 0.5) is 0 Å². The highest BCUT2D eigenvalue weighted by molar-refractivity contribution is 6.35. The van der Waals surface area contributed by atoms with Gasteiger partial charge in [0.25, 0.3) is 5.09 Å². The Hall–Kier alpha value is -2.32. The second-order valence-corrected chi connectivity index (χ2v) is 8.35. The summed E-state index contributed by atoms with van der Waals surface area (Å²) in [6.07, 6.45) is 7.25. The number of hydrogen-bond donors (Lipinski definition) is 1. The molecule has 10 heteroatoms. The number of rotatable bonds is 8. The third-order valence-corrected chi connectivity index (χ3v) is 5.36. The maximum atomic E-state index is 8.36. The van der Waals surface area contributed by atoms with Gasteiger partial charge in [-0.25, -0.2) is 4.98 Å². The number of aryl methyl sites for hydroxylation is 1. The van der Waals surface area contributed by atoms with Gasteiger partial charge in [0.15, 0.2) is 0 Å². The van der Waals surface area contributed by atoms with E-state index in [1.165, 1.54) is 5.56 Å². The highest BCUT2D eigenvalue weighted by Gasteiger charge is 2.26. The van der Waals surface area contributed by atoms with Gasteiger partial charge >= 0.3 is 0 Å². The first kappa shape index (κ1) is 24.9. The fraction of sp³-hybridized carbons (Fsp3) is 0.286. The predicted octanol–water partition coefficient (Wildman–Crippen LogP) is 6.10. The quantitative estimate of drug-likeness (QED) is 0.307. The van der Waals surface area contributed by atoms with Crippen molar-refractivity contribution < 1.29 is 15.0 Å². The topological polar surface area (TPSA) is 90.4 Å². The lowest BCUT2D eigenvalue weighted by atomic mass is 9.96. The first-order chi connectivity index (χ1) is 14.7. The fourth-order valence-corrected chi connectivity index (χ4v) is 3.50. The zero-order valence-electron chi connectivity index (χ0n) is 16.7. The molecule has 0 aliphatic carbocycles. The molecule has 0 bridgehead atoms. The number of ether oxygens (including phenoxy) is 1. The minimum atomic E-state index is -1.50. The van der Waals surface area contributed by atoms with E-state index in [0.29, 0.717) is 23.2 Å². The number of aromatic nitrogens is 2. The minimum absolute atomic E-state index is 0.386. The zero-order valence-corrected chi connectivity index (χ0v) is 19.0. The summed E-state index contributed by atoms with van der Waals surface area (Å²) in [5, 5.41) is 15.6. The lowest BCUT2D eigenvalue weighted by molar-refractivity contribution is -0.742. The van der Waals surface area contributed by atoms with E-state index in [-0.39, 0.29) is 5.60 Å². The first-order valence-corrected chi connectivity index (χ1v) is 10.4. The lowest BCUT2D eigenvalue weighted by Crippen LogP contribution is -2.34. The molecule has 31 heavy (non-hydrogen) atoms. The van der Waals surface area contributed by atoms with Crippen molar-refractivity contribution in [1.82, 2.24) is 9.55 Å². The van der Waals surface area contributed by atoms with Crippen LogP contribution in [0.5, 0.6) is 0 Å². The standard InChI is InChI=1S/C21H21Cl3N2O.HNO3/c1-21(14-26-11-10-25-15-26,9-8-16-2-5-18(22)6-3-16)27-13-17-4-7-19(23)12-20(17)24;2-1(3)4/h2-7,10-12,15H,8-9,13-14H2,1H3;(H,2,3,4). The highest BCUT2D eigenvalue weighted by Crippen LogP contribution is 2.27. The van der Waals surface area contributed by atoms with Crippen LogP contribution in [-0.2, 0) is 24.3 Å². The number of halogens is 3. The SMILES string of the molecule is CC(CCc1ccc(Cl)cc1)(Cn1ccnc1)OCc1ccc(Cl)cc1Cl.O=[N+]([O-])O. The molecule has 1 unspecified atom stereocenters. The minimum Gasteiger partial charge on any atom is -0.369 e. The molecule has 0 spiro atoms. The van der Waals surface area contributed by atoms with Gasteiger partial charge < -0.3 is 14.5 Å². The maximum Gasteiger partial charge on any atom is 0.291 e. The van der Waals surface area contributed by atoms with Crippen molar-refractivity contribution in [3.05, 3.63) is 97.5 Å². The second-order valence-electron chi connectivity index (χ2n) is 7.07. The van der Waals surface area contributed by atoms with E-state index in [9.17, 15) is 0 Å². The molecule has 0 radical (unpaired) electrons. The Bertz CT molecular complexity index is 965. The third-order valence-electron chi connectivity index (χ3n) is 4.52. The largest absolute Gasteiger partial charge is 0.369 e. The maximum absolute atomic E-state index is 8.36. The predicted molar refractivity (Wildman–Crippen MR) is 120 cm³/mol. The van der Waals surface area contributed by atoms with Crippen LogP contribution in [0.15, 0.2) is 61.2 Å². The van der Waals surface area contributed by atoms with Gasteiger partial charge in [0.1, 0.15) is 0 Å². The summed E-state index contributed by atoms with van der Waals surface area (Å²) in [5.74, 6) is 0. The first-order valence-electron chi connectivity index (χ1n) is 9.28. The van der Waals surface area contributed by atoms with Crippen molar-refractivity contribution in [3.63, 3.8) is 0 Å². The van der Waals surface area contributed by atoms with Crippen molar-refractivity contribution in [2.75, 3.05) is 0 Å². The van der Waals surface area contributed by atoms with Gasteiger partial charge in [-0.05, 0) is 55.2 Å². The van der Waals surface area contributed by atoms with E-state index in [0.717, 1.165) is 23.4 Å². The molecule has 0 saturated heterocycles. The summed E-state index contributed by atoms with van der Waals surface area (Å²) in [6.45, 7) is 3.24. The Morgan fingerprint density at radius 2 is 1.81 bits per heavy atom. The average molecular weight is 487 g/mol. The molecule has 0 fully saturated rings. The summed E-state index contributed by atoms with van der Waals surface area (Å²) in [7, 11) is 0. The van der Waals surface area contributed by atoms with E-state index in [4.69, 9.17) is 54.9 Å². The van der Waals surface area contributed by atoms with Gasteiger partial charge in [-0.15, -0.1) is 10.1 Å². The van der Waals surface area contributed by atoms with E-state index in [1.807, 2.05) is 35.0 Å². The molecule has 7 nitrogen and oxygen atoms in total. The molecular formula is C21H22Cl3N3O4. The van der Waals surface area contributed by atoms with Gasteiger partial charge in [0.2, 0.25) is 0 Å². The number of hydrogen-bond acceptors (Lipinski definition) is 4. The van der Waals surface area contributed by atoms with Gasteiger partial charge in [0.05, 0.1) is 25.1 Å². The number of benzene rings is 2. The van der Waals surface area contributed by atoms with Gasteiger partial charge in [0, 0.05) is 27.5 Å². The highest BCUT2D eigenvalue weighted by atomic mass is 35.5. The Labute approximate surface area is 195 Å². The van der Waals surface area contributed by atoms with Crippen molar-refractivity contribution in [3.8, 4) is 0 Å². The molecule has 1 aromatic heterocycles. The molecule has 3 aromatic rings. The Balaban J connectivity index is 0.000000785. The molecule has 0 saturated carbocycles. The van der Waals surface area contributed by atoms with Crippen LogP contribution >= 0.6 is 34.8 Å². The van der Waals surface area contributed by atoms with Crippen LogP contribution < -0.4 is 0 Å². The van der Waals surface area contributed by atoms with Crippen molar-refractivity contribution in [2.24, 2.45) is 0 Å². The fourth-order valence-electron chi connectivity index (χ4n) is 2.91. The Kier molecular flexibility index (Phi) is 9.58. The molecule has 2 aromatic carbocycles. The molecular weight excluding hydrogens is 465 g/mol. The van der Waals surface area contributed by atoms with E-state index in [2.05, 4.69) is 24.0 Å². The monoisotopic (exact) mass is 485 g/mol. The normalized spacial score (nSPS) is 12.5. The average Bonchev–Trinajstić information content (AvgIpc) is 3.19. The smallest absolute Gasteiger partial charge is 0.291 e. The van der Waals surface area contributed by atoms with E-state index < -0.39 is 5.09 Å². The Morgan fingerprint density at radius 3 is 2.39 bits per heavy atom. The molecule has 0 aliphatic heterocycles. The van der Waals surface area contributed by atoms with Crippen LogP contribution in [0.2, 0.25) is 15.1 Å². The van der Waals surface area contributed by atoms with E-state index >= 15 is 0 Å². The zero-order chi connectivity index (χ0) is 22.9. The summed E-state index contributed by atoms with van der Waals surface area (Å²) in [4.78, 5) is 12.5. The number of nitrogens with zero attached hydrogens (tertiary/aromatic N) is 3. The molecule has 0 aliphatic rings. The summed E-state index contributed by atoms with van der Waals surface area (Å²) >= 11 is 18.3. The third kappa shape index (κ3) is 9.14. The van der Waals surface area contributed by atoms with E-state index in [1.54, 1.807) is 18.6 Å². The van der Waals surface area contributed by atoms with Crippen LogP contribution in [0, 0.1) is 10.1 Å². The number of imidazole rings is 1. The molecule has 3 rings (SSSR count). The lowest BCUT2D eigenvalue weighted by Gasteiger charge is -2.31. The molecule has 1 N–H and O–H groups in total. The summed E-state index contributed by atoms with van der Waals surface area (Å²) < 4.78 is 8.39. The van der Waals surface area contributed by atoms with Crippen LogP contribution in [0.3, 0.4) is 0 Å². The van der Waals surface area contributed by atoms with Crippen LogP contribution in [-0.4, -0.2) is 25.4 Å². The molecule has 1 atom stereocenters. The second kappa shape index (κ2) is 11.9. The van der Waals surface area contributed by atoms with Crippen LogP contribution in [0.1, 0.15) is 24.5 Å². The molecule has 1 heterocycles. The Morgan fingerprint density at radius 1 is 1.16 bits per heavy atom. The van der Waals surface area contributed by atoms with Gasteiger partial charge in [-0.3, -0.25) is 0 Å². The summed E-state index contributed by atoms with van der Waals surface area (Å²) in [5.41, 5.74) is 1.76. The molecule has 0 amide bonds. The molecule has 166 valence electrons. The van der Waals surface area contributed by atoms with Crippen molar-refractivity contribution in [1.29, 1.82) is 0 Å².